The van der Waals surface area contributed by atoms with E-state index in [9.17, 15) is 9.59 Å². The van der Waals surface area contributed by atoms with Crippen molar-refractivity contribution in [1.29, 1.82) is 0 Å². The first-order valence-electron chi connectivity index (χ1n) is 8.31. The van der Waals surface area contributed by atoms with Crippen molar-refractivity contribution >= 4 is 24.3 Å². The van der Waals surface area contributed by atoms with Gasteiger partial charge in [-0.15, -0.1) is 12.4 Å². The summed E-state index contributed by atoms with van der Waals surface area (Å²) in [5, 5.41) is 0. The van der Waals surface area contributed by atoms with Gasteiger partial charge in [0, 0.05) is 0 Å². The smallest absolute Gasteiger partial charge is 0.349 e. The Bertz CT molecular complexity index is 559. The highest BCUT2D eigenvalue weighted by Gasteiger charge is 2.21. The third kappa shape index (κ3) is 6.67. The highest BCUT2D eigenvalue weighted by molar-refractivity contribution is 5.85. The molecule has 0 aliphatic heterocycles. The van der Waals surface area contributed by atoms with Crippen LogP contribution in [-0.2, 0) is 14.3 Å². The molecule has 25 heavy (non-hydrogen) atoms. The number of rotatable bonds is 7. The summed E-state index contributed by atoms with van der Waals surface area (Å²) in [5.74, 6) is 0.0253. The summed E-state index contributed by atoms with van der Waals surface area (Å²) in [7, 11) is 3.55. The minimum atomic E-state index is -0.565. The van der Waals surface area contributed by atoms with Gasteiger partial charge in [-0.05, 0) is 44.0 Å². The molecule has 0 aliphatic carbocycles. The summed E-state index contributed by atoms with van der Waals surface area (Å²) in [6.07, 6.45) is 0. The number of hydrogen-bond acceptors (Lipinski definition) is 5. The number of hydrogen-bond donors (Lipinski definition) is 0. The van der Waals surface area contributed by atoms with E-state index >= 15 is 0 Å². The first-order chi connectivity index (χ1) is 11.1. The Kier molecular flexibility index (Phi) is 9.75. The van der Waals surface area contributed by atoms with Crippen LogP contribution in [0.4, 0.5) is 0 Å². The zero-order valence-electron chi connectivity index (χ0n) is 16.2. The second-order valence-electron chi connectivity index (χ2n) is 6.80. The van der Waals surface area contributed by atoms with E-state index < -0.39 is 18.0 Å². The summed E-state index contributed by atoms with van der Waals surface area (Å²) in [5.41, 5.74) is 1.95. The molecule has 0 aliphatic rings. The highest BCUT2D eigenvalue weighted by atomic mass is 35.5. The van der Waals surface area contributed by atoms with Gasteiger partial charge in [-0.1, -0.05) is 45.9 Å². The van der Waals surface area contributed by atoms with Crippen LogP contribution in [0.3, 0.4) is 0 Å². The van der Waals surface area contributed by atoms with Crippen LogP contribution in [0.5, 0.6) is 5.75 Å². The van der Waals surface area contributed by atoms with Crippen molar-refractivity contribution in [2.75, 3.05) is 20.7 Å². The number of carbonyl (C=O) groups is 2. The summed E-state index contributed by atoms with van der Waals surface area (Å²) in [6, 6.07) is 5.48. The third-order valence-corrected chi connectivity index (χ3v) is 3.98. The van der Waals surface area contributed by atoms with Gasteiger partial charge in [-0.25, -0.2) is 4.79 Å². The predicted molar refractivity (Wildman–Crippen MR) is 102 cm³/mol. The molecule has 0 saturated heterocycles. The zero-order valence-corrected chi connectivity index (χ0v) is 17.0. The lowest BCUT2D eigenvalue weighted by molar-refractivity contribution is -0.156. The normalized spacial score (nSPS) is 12.1. The van der Waals surface area contributed by atoms with E-state index in [0.717, 1.165) is 11.1 Å². The Morgan fingerprint density at radius 2 is 1.48 bits per heavy atom. The van der Waals surface area contributed by atoms with Gasteiger partial charge in [0.25, 0.3) is 0 Å². The fourth-order valence-corrected chi connectivity index (χ4v) is 2.21. The minimum Gasteiger partial charge on any atom is -0.452 e. The molecule has 142 valence electrons. The number of nitrogens with zero attached hydrogens (tertiary/aromatic N) is 1. The molecule has 6 heteroatoms. The molecule has 0 aromatic heterocycles. The molecule has 0 heterocycles. The second kappa shape index (κ2) is 10.4. The lowest BCUT2D eigenvalue weighted by Gasteiger charge is -2.20. The molecule has 1 atom stereocenters. The number of benzene rings is 1. The van der Waals surface area contributed by atoms with Crippen molar-refractivity contribution in [2.24, 2.45) is 0 Å². The molecule has 0 bridgehead atoms. The molecule has 0 unspecified atom stereocenters. The average Bonchev–Trinajstić information content (AvgIpc) is 2.51. The molecule has 1 aromatic carbocycles. The molecule has 0 radical (unpaired) electrons. The SMILES string of the molecule is CC(C)c1cccc(C(C)C)c1OC(=O)COC(=O)[C@H](C)N(C)C.Cl. The first kappa shape index (κ1) is 23.4. The summed E-state index contributed by atoms with van der Waals surface area (Å²) < 4.78 is 10.6. The Labute approximate surface area is 157 Å². The van der Waals surface area contributed by atoms with Crippen molar-refractivity contribution in [3.05, 3.63) is 29.3 Å². The van der Waals surface area contributed by atoms with E-state index in [4.69, 9.17) is 9.47 Å². The molecule has 0 amide bonds. The van der Waals surface area contributed by atoms with Gasteiger partial charge in [-0.2, -0.15) is 0 Å². The maximum Gasteiger partial charge on any atom is 0.349 e. The van der Waals surface area contributed by atoms with E-state index in [1.54, 1.807) is 25.9 Å². The maximum atomic E-state index is 12.1. The first-order valence-corrected chi connectivity index (χ1v) is 8.31. The summed E-state index contributed by atoms with van der Waals surface area (Å²) in [6.45, 7) is 9.54. The highest BCUT2D eigenvalue weighted by Crippen LogP contribution is 2.34. The van der Waals surface area contributed by atoms with Crippen LogP contribution in [0.25, 0.3) is 0 Å². The van der Waals surface area contributed by atoms with Gasteiger partial charge in [-0.3, -0.25) is 9.69 Å². The number of esters is 2. The van der Waals surface area contributed by atoms with E-state index in [1.165, 1.54) is 0 Å². The van der Waals surface area contributed by atoms with Crippen LogP contribution in [-0.4, -0.2) is 43.6 Å². The molecule has 0 fully saturated rings. The van der Waals surface area contributed by atoms with E-state index in [1.807, 2.05) is 18.2 Å². The minimum absolute atomic E-state index is 0. The van der Waals surface area contributed by atoms with Crippen molar-refractivity contribution in [3.63, 3.8) is 0 Å². The lowest BCUT2D eigenvalue weighted by Crippen LogP contribution is -2.35. The maximum absolute atomic E-state index is 12.1. The molecular formula is C19H30ClNO4. The predicted octanol–water partition coefficient (Wildman–Crippen LogP) is 3.75. The van der Waals surface area contributed by atoms with Crippen molar-refractivity contribution < 1.29 is 19.1 Å². The Morgan fingerprint density at radius 3 is 1.88 bits per heavy atom. The van der Waals surface area contributed by atoms with E-state index in [-0.39, 0.29) is 30.8 Å². The molecule has 1 aromatic rings. The number of para-hydroxylation sites is 1. The van der Waals surface area contributed by atoms with Crippen LogP contribution < -0.4 is 4.74 Å². The largest absolute Gasteiger partial charge is 0.452 e. The fourth-order valence-electron chi connectivity index (χ4n) is 2.21. The van der Waals surface area contributed by atoms with Crippen LogP contribution >= 0.6 is 12.4 Å². The topological polar surface area (TPSA) is 55.8 Å². The fraction of sp³-hybridized carbons (Fsp3) is 0.579. The summed E-state index contributed by atoms with van der Waals surface area (Å²) >= 11 is 0. The average molecular weight is 372 g/mol. The van der Waals surface area contributed by atoms with Gasteiger partial charge in [0.2, 0.25) is 0 Å². The van der Waals surface area contributed by atoms with Gasteiger partial charge < -0.3 is 9.47 Å². The van der Waals surface area contributed by atoms with Crippen LogP contribution in [0, 0.1) is 0 Å². The van der Waals surface area contributed by atoms with Crippen LogP contribution in [0.2, 0.25) is 0 Å². The Hall–Kier alpha value is -1.59. The van der Waals surface area contributed by atoms with Gasteiger partial charge >= 0.3 is 11.9 Å². The molecule has 0 N–H and O–H groups in total. The van der Waals surface area contributed by atoms with Crippen LogP contribution in [0.15, 0.2) is 18.2 Å². The van der Waals surface area contributed by atoms with E-state index in [2.05, 4.69) is 27.7 Å². The Morgan fingerprint density at radius 1 is 1.00 bits per heavy atom. The van der Waals surface area contributed by atoms with Crippen molar-refractivity contribution in [1.82, 2.24) is 4.90 Å². The van der Waals surface area contributed by atoms with Crippen molar-refractivity contribution in [2.45, 2.75) is 52.5 Å². The lowest BCUT2D eigenvalue weighted by atomic mass is 9.94. The monoisotopic (exact) mass is 371 g/mol. The molecule has 1 rings (SSSR count). The molecule has 0 saturated carbocycles. The van der Waals surface area contributed by atoms with Crippen LogP contribution in [0.1, 0.15) is 57.6 Å². The Balaban J connectivity index is 0.00000576. The third-order valence-electron chi connectivity index (χ3n) is 3.98. The second-order valence-corrected chi connectivity index (χ2v) is 6.80. The molecule has 5 nitrogen and oxygen atoms in total. The zero-order chi connectivity index (χ0) is 18.4. The number of carbonyl (C=O) groups excluding carboxylic acids is 2. The number of likely N-dealkylation sites (N-methyl/N-ethyl adjacent to an activating group) is 1. The number of halogens is 1. The van der Waals surface area contributed by atoms with Gasteiger partial charge in [0.05, 0.1) is 0 Å². The molecule has 0 spiro atoms. The standard InChI is InChI=1S/C19H29NO4.ClH/c1-12(2)15-9-8-10-16(13(3)4)18(15)24-17(21)11-23-19(22)14(5)20(6)7;/h8-10,12-14H,11H2,1-7H3;1H/t14-;/m0./s1. The van der Waals surface area contributed by atoms with Crippen molar-refractivity contribution in [3.8, 4) is 5.75 Å². The summed E-state index contributed by atoms with van der Waals surface area (Å²) in [4.78, 5) is 25.7. The van der Waals surface area contributed by atoms with Gasteiger partial charge in [0.15, 0.2) is 6.61 Å². The van der Waals surface area contributed by atoms with E-state index in [0.29, 0.717) is 5.75 Å². The number of ether oxygens (including phenoxy) is 2. The molecular weight excluding hydrogens is 342 g/mol. The quantitative estimate of drug-likeness (QED) is 0.539. The van der Waals surface area contributed by atoms with Gasteiger partial charge in [0.1, 0.15) is 11.8 Å².